The van der Waals surface area contributed by atoms with Crippen molar-refractivity contribution in [1.29, 1.82) is 0 Å². The lowest BCUT2D eigenvalue weighted by Gasteiger charge is -2.05. The second-order valence-corrected chi connectivity index (χ2v) is 6.24. The molecule has 6 nitrogen and oxygen atoms in total. The van der Waals surface area contributed by atoms with Crippen LogP contribution in [0.4, 0.5) is 5.69 Å². The van der Waals surface area contributed by atoms with E-state index in [9.17, 15) is 9.59 Å². The Morgan fingerprint density at radius 1 is 1.24 bits per heavy atom. The number of ether oxygens (including phenoxy) is 1. The number of thiophene rings is 1. The Labute approximate surface area is 148 Å². The van der Waals surface area contributed by atoms with Crippen LogP contribution < -0.4 is 5.32 Å². The zero-order valence-corrected chi connectivity index (χ0v) is 14.6. The summed E-state index contributed by atoms with van der Waals surface area (Å²) in [6.45, 7) is 1.79. The van der Waals surface area contributed by atoms with Crippen LogP contribution in [0.2, 0.25) is 0 Å². The van der Waals surface area contributed by atoms with Crippen LogP contribution in [-0.4, -0.2) is 24.0 Å². The molecular weight excluding hydrogens is 340 g/mol. The monoisotopic (exact) mass is 356 g/mol. The number of benzene rings is 1. The lowest BCUT2D eigenvalue weighted by Crippen LogP contribution is -2.15. The fraction of sp³-hybridized carbons (Fsp3) is 0.167. The van der Waals surface area contributed by atoms with Crippen LogP contribution in [0.25, 0.3) is 10.8 Å². The lowest BCUT2D eigenvalue weighted by molar-refractivity contribution is -0.115. The van der Waals surface area contributed by atoms with E-state index in [1.165, 1.54) is 18.4 Å². The maximum absolute atomic E-state index is 12.2. The quantitative estimate of drug-likeness (QED) is 0.705. The average molecular weight is 356 g/mol. The maximum Gasteiger partial charge on any atom is 0.337 e. The van der Waals surface area contributed by atoms with Gasteiger partial charge in [-0.25, -0.2) is 9.78 Å². The van der Waals surface area contributed by atoms with Crippen LogP contribution in [0.15, 0.2) is 46.2 Å². The number of hydrogen-bond donors (Lipinski definition) is 1. The highest BCUT2D eigenvalue weighted by Crippen LogP contribution is 2.26. The molecule has 0 fully saturated rings. The number of esters is 1. The highest BCUT2D eigenvalue weighted by molar-refractivity contribution is 7.13. The van der Waals surface area contributed by atoms with Gasteiger partial charge in [-0.3, -0.25) is 4.79 Å². The van der Waals surface area contributed by atoms with E-state index in [1.807, 2.05) is 17.5 Å². The molecule has 0 unspecified atom stereocenters. The van der Waals surface area contributed by atoms with Crippen molar-refractivity contribution < 1.29 is 18.7 Å². The van der Waals surface area contributed by atoms with Crippen molar-refractivity contribution in [2.75, 3.05) is 12.4 Å². The second-order valence-electron chi connectivity index (χ2n) is 5.29. The van der Waals surface area contributed by atoms with E-state index in [4.69, 9.17) is 4.42 Å². The number of hydrogen-bond acceptors (Lipinski definition) is 6. The van der Waals surface area contributed by atoms with Gasteiger partial charge < -0.3 is 14.5 Å². The number of nitrogens with one attached hydrogen (secondary N) is 1. The summed E-state index contributed by atoms with van der Waals surface area (Å²) in [4.78, 5) is 28.9. The van der Waals surface area contributed by atoms with Crippen molar-refractivity contribution in [3.63, 3.8) is 0 Å². The number of rotatable bonds is 5. The molecule has 2 heterocycles. The largest absolute Gasteiger partial charge is 0.465 e. The van der Waals surface area contributed by atoms with Crippen molar-refractivity contribution in [2.24, 2.45) is 0 Å². The molecule has 0 atom stereocenters. The van der Waals surface area contributed by atoms with E-state index in [2.05, 4.69) is 15.0 Å². The molecule has 25 heavy (non-hydrogen) atoms. The Morgan fingerprint density at radius 2 is 2.00 bits per heavy atom. The predicted octanol–water partition coefficient (Wildman–Crippen LogP) is 3.68. The van der Waals surface area contributed by atoms with Crippen LogP contribution >= 0.6 is 11.3 Å². The molecule has 0 aliphatic rings. The molecule has 0 aliphatic heterocycles. The maximum atomic E-state index is 12.2. The van der Waals surface area contributed by atoms with Gasteiger partial charge in [-0.1, -0.05) is 6.07 Å². The van der Waals surface area contributed by atoms with Crippen LogP contribution in [0.1, 0.15) is 21.8 Å². The molecule has 3 rings (SSSR count). The number of amides is 1. The van der Waals surface area contributed by atoms with Crippen molar-refractivity contribution in [3.8, 4) is 10.8 Å². The molecule has 3 aromatic rings. The van der Waals surface area contributed by atoms with Crippen molar-refractivity contribution >= 4 is 28.9 Å². The first-order chi connectivity index (χ1) is 12.1. The summed E-state index contributed by atoms with van der Waals surface area (Å²) in [5.41, 5.74) is 1.62. The number of oxazole rings is 1. The smallest absolute Gasteiger partial charge is 0.337 e. The first-order valence-electron chi connectivity index (χ1n) is 7.55. The number of anilines is 1. The van der Waals surface area contributed by atoms with E-state index in [1.54, 1.807) is 31.2 Å². The fourth-order valence-electron chi connectivity index (χ4n) is 2.26. The van der Waals surface area contributed by atoms with Gasteiger partial charge in [0.05, 0.1) is 29.7 Å². The third kappa shape index (κ3) is 3.95. The zero-order chi connectivity index (χ0) is 17.8. The Hall–Kier alpha value is -2.93. The number of aryl methyl sites for hydroxylation is 1. The van der Waals surface area contributed by atoms with E-state index in [-0.39, 0.29) is 12.3 Å². The Kier molecular flexibility index (Phi) is 4.95. The van der Waals surface area contributed by atoms with Gasteiger partial charge in [-0.05, 0) is 42.6 Å². The molecule has 0 aliphatic carbocycles. The number of aromatic nitrogens is 1. The van der Waals surface area contributed by atoms with Crippen molar-refractivity contribution in [3.05, 3.63) is 58.8 Å². The van der Waals surface area contributed by atoms with Crippen LogP contribution in [-0.2, 0) is 16.0 Å². The van der Waals surface area contributed by atoms with Crippen LogP contribution in [0.5, 0.6) is 0 Å². The molecule has 1 N–H and O–H groups in total. The number of carbonyl (C=O) groups is 2. The summed E-state index contributed by atoms with van der Waals surface area (Å²) >= 11 is 1.53. The number of carbonyl (C=O) groups excluding carboxylic acids is 2. The van der Waals surface area contributed by atoms with Gasteiger partial charge in [-0.15, -0.1) is 11.3 Å². The molecule has 0 saturated carbocycles. The fourth-order valence-corrected chi connectivity index (χ4v) is 2.91. The standard InChI is InChI=1S/C18H16N2O4S/c1-11-14(20-17(24-11)15-4-3-9-25-15)10-16(21)19-13-7-5-12(6-8-13)18(22)23-2/h3-9H,10H2,1-2H3,(H,19,21). The third-order valence-electron chi connectivity index (χ3n) is 3.54. The topological polar surface area (TPSA) is 81.4 Å². The van der Waals surface area contributed by atoms with Gasteiger partial charge >= 0.3 is 5.97 Å². The molecule has 0 bridgehead atoms. The average Bonchev–Trinajstić information content (AvgIpc) is 3.25. The highest BCUT2D eigenvalue weighted by Gasteiger charge is 2.15. The van der Waals surface area contributed by atoms with Gasteiger partial charge in [-0.2, -0.15) is 0 Å². The zero-order valence-electron chi connectivity index (χ0n) is 13.7. The number of methoxy groups -OCH3 is 1. The molecule has 0 spiro atoms. The summed E-state index contributed by atoms with van der Waals surface area (Å²) < 4.78 is 10.3. The van der Waals surface area contributed by atoms with Crippen LogP contribution in [0, 0.1) is 6.92 Å². The van der Waals surface area contributed by atoms with Crippen LogP contribution in [0.3, 0.4) is 0 Å². The minimum atomic E-state index is -0.419. The minimum absolute atomic E-state index is 0.111. The molecule has 2 aromatic heterocycles. The molecule has 7 heteroatoms. The van der Waals surface area contributed by atoms with Gasteiger partial charge in [0.25, 0.3) is 0 Å². The summed E-state index contributed by atoms with van der Waals surface area (Å²) in [6.07, 6.45) is 0.111. The first-order valence-corrected chi connectivity index (χ1v) is 8.43. The molecular formula is C18H16N2O4S. The summed E-state index contributed by atoms with van der Waals surface area (Å²) in [5.74, 6) is 0.523. The SMILES string of the molecule is COC(=O)c1ccc(NC(=O)Cc2nc(-c3cccs3)oc2C)cc1. The Bertz CT molecular complexity index is 882. The van der Waals surface area contributed by atoms with Crippen molar-refractivity contribution in [2.45, 2.75) is 13.3 Å². The van der Waals surface area contributed by atoms with Gasteiger partial charge in [0.15, 0.2) is 0 Å². The summed E-state index contributed by atoms with van der Waals surface area (Å²) in [5, 5.41) is 4.72. The third-order valence-corrected chi connectivity index (χ3v) is 4.40. The first kappa shape index (κ1) is 16.9. The predicted molar refractivity (Wildman–Crippen MR) is 94.7 cm³/mol. The Morgan fingerprint density at radius 3 is 2.64 bits per heavy atom. The minimum Gasteiger partial charge on any atom is -0.465 e. The Balaban J connectivity index is 1.66. The van der Waals surface area contributed by atoms with E-state index in [0.29, 0.717) is 28.6 Å². The van der Waals surface area contributed by atoms with E-state index >= 15 is 0 Å². The molecule has 1 amide bonds. The van der Waals surface area contributed by atoms with E-state index < -0.39 is 5.97 Å². The summed E-state index contributed by atoms with van der Waals surface area (Å²) in [7, 11) is 1.32. The molecule has 0 saturated heterocycles. The number of nitrogens with zero attached hydrogens (tertiary/aromatic N) is 1. The second kappa shape index (κ2) is 7.31. The molecule has 1 aromatic carbocycles. The van der Waals surface area contributed by atoms with Gasteiger partial charge in [0.1, 0.15) is 5.76 Å². The van der Waals surface area contributed by atoms with Gasteiger partial charge in [0.2, 0.25) is 11.8 Å². The lowest BCUT2D eigenvalue weighted by atomic mass is 10.2. The van der Waals surface area contributed by atoms with Gasteiger partial charge in [0, 0.05) is 5.69 Å². The molecule has 128 valence electrons. The van der Waals surface area contributed by atoms with Crippen molar-refractivity contribution in [1.82, 2.24) is 4.98 Å². The molecule has 0 radical (unpaired) electrons. The highest BCUT2D eigenvalue weighted by atomic mass is 32.1. The normalized spacial score (nSPS) is 10.5. The summed E-state index contributed by atoms with van der Waals surface area (Å²) in [6, 6.07) is 10.3. The van der Waals surface area contributed by atoms with E-state index in [0.717, 1.165) is 4.88 Å².